The number of anilines is 2. The van der Waals surface area contributed by atoms with Crippen molar-refractivity contribution in [1.82, 2.24) is 29.3 Å². The molecular formula is C19H18N8O. The molecule has 3 N–H and O–H groups in total. The van der Waals surface area contributed by atoms with Crippen LogP contribution < -0.4 is 11.1 Å². The number of aromatic nitrogens is 6. The van der Waals surface area contributed by atoms with Gasteiger partial charge in [0.15, 0.2) is 0 Å². The Balaban J connectivity index is 1.95. The second kappa shape index (κ2) is 7.03. The van der Waals surface area contributed by atoms with E-state index in [4.69, 9.17) is 5.73 Å². The van der Waals surface area contributed by atoms with Gasteiger partial charge in [0.2, 0.25) is 17.6 Å². The van der Waals surface area contributed by atoms with Crippen LogP contribution in [0.4, 0.5) is 11.8 Å². The first-order valence-corrected chi connectivity index (χ1v) is 8.77. The van der Waals surface area contributed by atoms with Gasteiger partial charge < -0.3 is 11.1 Å². The van der Waals surface area contributed by atoms with Crippen LogP contribution in [-0.2, 0) is 4.79 Å². The summed E-state index contributed by atoms with van der Waals surface area (Å²) in [7, 11) is 0. The lowest BCUT2D eigenvalue weighted by atomic mass is 10.1. The summed E-state index contributed by atoms with van der Waals surface area (Å²) in [4.78, 5) is 33.7. The first kappa shape index (κ1) is 17.5. The molecule has 9 heteroatoms. The molecule has 4 aromatic rings. The van der Waals surface area contributed by atoms with Crippen LogP contribution in [0.2, 0.25) is 0 Å². The lowest BCUT2D eigenvalue weighted by molar-refractivity contribution is -0.115. The second-order valence-corrected chi connectivity index (χ2v) is 6.16. The van der Waals surface area contributed by atoms with Crippen LogP contribution in [-0.4, -0.2) is 35.2 Å². The molecular weight excluding hydrogens is 356 g/mol. The minimum Gasteiger partial charge on any atom is -0.368 e. The van der Waals surface area contributed by atoms with Crippen LogP contribution in [0, 0.1) is 6.92 Å². The molecule has 140 valence electrons. The quantitative estimate of drug-likeness (QED) is 0.562. The van der Waals surface area contributed by atoms with Gasteiger partial charge in [-0.2, -0.15) is 4.98 Å². The van der Waals surface area contributed by atoms with E-state index in [9.17, 15) is 4.79 Å². The molecule has 0 radical (unpaired) electrons. The molecule has 0 aliphatic rings. The first-order valence-electron chi connectivity index (χ1n) is 8.77. The van der Waals surface area contributed by atoms with Crippen molar-refractivity contribution < 1.29 is 4.79 Å². The number of hydrogen-bond acceptors (Lipinski definition) is 7. The molecule has 0 bridgehead atoms. The number of carbonyl (C=O) groups is 1. The summed E-state index contributed by atoms with van der Waals surface area (Å²) in [6, 6.07) is 9.18. The van der Waals surface area contributed by atoms with Crippen LogP contribution in [0.1, 0.15) is 19.0 Å². The van der Waals surface area contributed by atoms with Gasteiger partial charge in [0, 0.05) is 24.5 Å². The van der Waals surface area contributed by atoms with E-state index in [1.807, 2.05) is 25.1 Å². The number of rotatable bonds is 4. The Morgan fingerprint density at radius 2 is 1.96 bits per heavy atom. The molecule has 4 heterocycles. The minimum absolute atomic E-state index is 0.118. The van der Waals surface area contributed by atoms with Crippen molar-refractivity contribution in [2.24, 2.45) is 0 Å². The van der Waals surface area contributed by atoms with E-state index in [0.29, 0.717) is 40.8 Å². The van der Waals surface area contributed by atoms with E-state index in [1.165, 1.54) is 0 Å². The van der Waals surface area contributed by atoms with E-state index >= 15 is 0 Å². The summed E-state index contributed by atoms with van der Waals surface area (Å²) in [5.41, 5.74) is 9.26. The van der Waals surface area contributed by atoms with Crippen molar-refractivity contribution >= 4 is 23.5 Å². The van der Waals surface area contributed by atoms with Gasteiger partial charge in [-0.25, -0.2) is 15.0 Å². The Morgan fingerprint density at radius 3 is 2.71 bits per heavy atom. The van der Waals surface area contributed by atoms with Crippen LogP contribution in [0.25, 0.3) is 28.6 Å². The van der Waals surface area contributed by atoms with E-state index in [1.54, 1.807) is 35.9 Å². The van der Waals surface area contributed by atoms with Crippen molar-refractivity contribution in [3.8, 4) is 22.8 Å². The molecule has 0 fully saturated rings. The number of nitrogens with zero attached hydrogens (tertiary/aromatic N) is 6. The van der Waals surface area contributed by atoms with Gasteiger partial charge in [-0.15, -0.1) is 0 Å². The molecule has 0 aromatic carbocycles. The maximum Gasteiger partial charge on any atom is 0.236 e. The number of hydrogen-bond donors (Lipinski definition) is 2. The molecule has 0 unspecified atom stereocenters. The summed E-state index contributed by atoms with van der Waals surface area (Å²) in [5.74, 6) is 0.893. The highest BCUT2D eigenvalue weighted by Gasteiger charge is 2.19. The van der Waals surface area contributed by atoms with Gasteiger partial charge in [-0.1, -0.05) is 13.0 Å². The Morgan fingerprint density at radius 1 is 1.11 bits per heavy atom. The molecule has 4 rings (SSSR count). The lowest BCUT2D eigenvalue weighted by Crippen LogP contribution is -2.11. The zero-order valence-corrected chi connectivity index (χ0v) is 15.4. The van der Waals surface area contributed by atoms with E-state index in [0.717, 1.165) is 5.69 Å². The topological polar surface area (TPSA) is 124 Å². The Hall–Kier alpha value is -3.88. The minimum atomic E-state index is -0.118. The highest BCUT2D eigenvalue weighted by atomic mass is 16.1. The number of amides is 1. The van der Waals surface area contributed by atoms with E-state index in [2.05, 4.69) is 30.2 Å². The number of nitrogens with one attached hydrogen (secondary N) is 1. The highest BCUT2D eigenvalue weighted by Crippen LogP contribution is 2.31. The molecule has 0 spiro atoms. The zero-order valence-electron chi connectivity index (χ0n) is 15.4. The molecule has 4 aromatic heterocycles. The predicted octanol–water partition coefficient (Wildman–Crippen LogP) is 2.49. The van der Waals surface area contributed by atoms with Crippen LogP contribution in [0.5, 0.6) is 0 Å². The molecule has 0 atom stereocenters. The van der Waals surface area contributed by atoms with E-state index in [-0.39, 0.29) is 11.9 Å². The SMILES string of the molecule is CCC(=O)Nc1ccn2c(-c3ccnc(N)n3)c(-c3cccc(C)n3)nc2n1. The smallest absolute Gasteiger partial charge is 0.236 e. The van der Waals surface area contributed by atoms with Gasteiger partial charge >= 0.3 is 0 Å². The van der Waals surface area contributed by atoms with Crippen molar-refractivity contribution in [1.29, 1.82) is 0 Å². The third-order valence-electron chi connectivity index (χ3n) is 4.13. The molecule has 1 amide bonds. The van der Waals surface area contributed by atoms with Crippen molar-refractivity contribution in [3.63, 3.8) is 0 Å². The normalized spacial score (nSPS) is 10.9. The Kier molecular flexibility index (Phi) is 4.40. The summed E-state index contributed by atoms with van der Waals surface area (Å²) in [6.45, 7) is 3.70. The first-order chi connectivity index (χ1) is 13.5. The number of nitrogens with two attached hydrogens (primary N) is 1. The molecule has 0 saturated carbocycles. The number of aryl methyl sites for hydroxylation is 1. The number of imidazole rings is 1. The molecule has 0 aliphatic heterocycles. The fourth-order valence-electron chi connectivity index (χ4n) is 2.84. The lowest BCUT2D eigenvalue weighted by Gasteiger charge is -2.06. The van der Waals surface area contributed by atoms with Gasteiger partial charge in [0.1, 0.15) is 17.2 Å². The molecule has 0 aliphatic carbocycles. The number of nitrogen functional groups attached to an aromatic ring is 1. The number of fused-ring (bicyclic) bond motifs is 1. The highest BCUT2D eigenvalue weighted by molar-refractivity contribution is 5.89. The summed E-state index contributed by atoms with van der Waals surface area (Å²) in [5, 5.41) is 2.75. The van der Waals surface area contributed by atoms with Crippen LogP contribution in [0.3, 0.4) is 0 Å². The largest absolute Gasteiger partial charge is 0.368 e. The van der Waals surface area contributed by atoms with Crippen molar-refractivity contribution in [3.05, 3.63) is 48.4 Å². The average Bonchev–Trinajstić information content (AvgIpc) is 3.06. The van der Waals surface area contributed by atoms with E-state index < -0.39 is 0 Å². The van der Waals surface area contributed by atoms with Crippen LogP contribution in [0.15, 0.2) is 42.7 Å². The van der Waals surface area contributed by atoms with Gasteiger partial charge in [-0.3, -0.25) is 14.2 Å². The number of pyridine rings is 1. The average molecular weight is 374 g/mol. The maximum atomic E-state index is 11.7. The molecule has 28 heavy (non-hydrogen) atoms. The van der Waals surface area contributed by atoms with Crippen molar-refractivity contribution in [2.45, 2.75) is 20.3 Å². The van der Waals surface area contributed by atoms with Crippen molar-refractivity contribution in [2.75, 3.05) is 11.1 Å². The van der Waals surface area contributed by atoms with Gasteiger partial charge in [-0.05, 0) is 31.2 Å². The summed E-state index contributed by atoms with van der Waals surface area (Å²) < 4.78 is 1.79. The molecule has 9 nitrogen and oxygen atoms in total. The number of carbonyl (C=O) groups excluding carboxylic acids is 1. The van der Waals surface area contributed by atoms with Gasteiger partial charge in [0.05, 0.1) is 11.4 Å². The summed E-state index contributed by atoms with van der Waals surface area (Å²) in [6.07, 6.45) is 3.74. The Bertz CT molecular complexity index is 1180. The maximum absolute atomic E-state index is 11.7. The third kappa shape index (κ3) is 3.25. The monoisotopic (exact) mass is 374 g/mol. The third-order valence-corrected chi connectivity index (χ3v) is 4.13. The van der Waals surface area contributed by atoms with Gasteiger partial charge in [0.25, 0.3) is 0 Å². The second-order valence-electron chi connectivity index (χ2n) is 6.16. The Labute approximate surface area is 160 Å². The fraction of sp³-hybridized carbons (Fsp3) is 0.158. The van der Waals surface area contributed by atoms with Crippen LogP contribution >= 0.6 is 0 Å². The zero-order chi connectivity index (χ0) is 19.7. The standard InChI is InChI=1S/C19H18N8O/c1-3-15(28)24-14-8-10-27-17(13-7-9-21-18(20)23-13)16(26-19(27)25-14)12-6-4-5-11(2)22-12/h4-10H,3H2,1-2H3,(H2,20,21,23)(H,24,25,26,28). The molecule has 0 saturated heterocycles. The predicted molar refractivity (Wildman–Crippen MR) is 105 cm³/mol. The fourth-order valence-corrected chi connectivity index (χ4v) is 2.84. The summed E-state index contributed by atoms with van der Waals surface area (Å²) >= 11 is 0.